The van der Waals surface area contributed by atoms with E-state index in [1.807, 2.05) is 0 Å². The molecule has 5 heteroatoms. The third kappa shape index (κ3) is 6.29. The number of carbonyl (C=O) groups excluding carboxylic acids is 2. The van der Waals surface area contributed by atoms with Crippen molar-refractivity contribution in [2.75, 3.05) is 26.0 Å². The fourth-order valence-electron chi connectivity index (χ4n) is 1.70. The summed E-state index contributed by atoms with van der Waals surface area (Å²) in [5.74, 6) is -0.322. The molecule has 1 N–H and O–H groups in total. The van der Waals surface area contributed by atoms with E-state index in [4.69, 9.17) is 4.74 Å². The highest BCUT2D eigenvalue weighted by Crippen LogP contribution is 2.11. The summed E-state index contributed by atoms with van der Waals surface area (Å²) in [4.78, 5) is 24.7. The van der Waals surface area contributed by atoms with Gasteiger partial charge in [0.1, 0.15) is 0 Å². The van der Waals surface area contributed by atoms with Gasteiger partial charge in [0.25, 0.3) is 0 Å². The molecule has 0 aromatic heterocycles. The third-order valence-corrected chi connectivity index (χ3v) is 3.01. The second-order valence-electron chi connectivity index (χ2n) is 5.10. The van der Waals surface area contributed by atoms with Crippen LogP contribution in [0, 0.1) is 0 Å². The molecule has 0 atom stereocenters. The van der Waals surface area contributed by atoms with Gasteiger partial charge in [-0.05, 0) is 30.7 Å². The van der Waals surface area contributed by atoms with Crippen molar-refractivity contribution < 1.29 is 14.3 Å². The molecular formula is C16H24N2O3. The second-order valence-corrected chi connectivity index (χ2v) is 5.10. The number of nitrogens with one attached hydrogen (secondary N) is 1. The maximum absolute atomic E-state index is 11.8. The van der Waals surface area contributed by atoms with Crippen molar-refractivity contribution in [1.29, 1.82) is 0 Å². The molecule has 0 aliphatic carbocycles. The molecule has 21 heavy (non-hydrogen) atoms. The second kappa shape index (κ2) is 9.00. The first kappa shape index (κ1) is 17.0. The smallest absolute Gasteiger partial charge is 0.338 e. The van der Waals surface area contributed by atoms with Gasteiger partial charge in [-0.25, -0.2) is 9.59 Å². The van der Waals surface area contributed by atoms with Crippen LogP contribution in [0.25, 0.3) is 0 Å². The highest BCUT2D eigenvalue weighted by molar-refractivity contribution is 5.92. The van der Waals surface area contributed by atoms with Gasteiger partial charge in [0, 0.05) is 19.8 Å². The molecule has 0 aliphatic rings. The molecule has 1 rings (SSSR count). The van der Waals surface area contributed by atoms with Gasteiger partial charge in [0.05, 0.1) is 12.2 Å². The van der Waals surface area contributed by atoms with Gasteiger partial charge in [-0.3, -0.25) is 0 Å². The van der Waals surface area contributed by atoms with Crippen molar-refractivity contribution in [1.82, 2.24) is 4.90 Å². The Bertz CT molecular complexity index is 455. The summed E-state index contributed by atoms with van der Waals surface area (Å²) < 4.78 is 5.20. The first-order valence-corrected chi connectivity index (χ1v) is 7.30. The maximum atomic E-state index is 11.8. The normalized spacial score (nSPS) is 10.0. The predicted molar refractivity (Wildman–Crippen MR) is 83.6 cm³/mol. The van der Waals surface area contributed by atoms with Crippen LogP contribution in [0.1, 0.15) is 43.0 Å². The lowest BCUT2D eigenvalue weighted by atomic mass is 10.2. The van der Waals surface area contributed by atoms with Crippen molar-refractivity contribution in [2.45, 2.75) is 32.6 Å². The summed E-state index contributed by atoms with van der Waals surface area (Å²) in [5, 5.41) is 2.71. The highest BCUT2D eigenvalue weighted by atomic mass is 16.5. The Morgan fingerprint density at radius 3 is 2.33 bits per heavy atom. The largest absolute Gasteiger partial charge is 0.462 e. The molecular weight excluding hydrogens is 268 g/mol. The Labute approximate surface area is 126 Å². The average Bonchev–Trinajstić information content (AvgIpc) is 2.47. The number of urea groups is 1. The average molecular weight is 292 g/mol. The zero-order chi connectivity index (χ0) is 15.7. The number of hydrogen-bond acceptors (Lipinski definition) is 3. The van der Waals surface area contributed by atoms with Crippen LogP contribution in [0.5, 0.6) is 0 Å². The number of rotatable bonds is 7. The summed E-state index contributed by atoms with van der Waals surface area (Å²) in [5.41, 5.74) is 1.14. The van der Waals surface area contributed by atoms with Gasteiger partial charge >= 0.3 is 12.0 Å². The number of hydrogen-bond donors (Lipinski definition) is 1. The molecule has 0 saturated heterocycles. The van der Waals surface area contributed by atoms with Gasteiger partial charge in [-0.1, -0.05) is 26.2 Å². The van der Waals surface area contributed by atoms with Crippen molar-refractivity contribution in [2.24, 2.45) is 0 Å². The third-order valence-electron chi connectivity index (χ3n) is 3.01. The molecule has 116 valence electrons. The highest BCUT2D eigenvalue weighted by Gasteiger charge is 2.08. The van der Waals surface area contributed by atoms with E-state index in [2.05, 4.69) is 12.2 Å². The zero-order valence-electron chi connectivity index (χ0n) is 13.0. The molecule has 0 saturated carbocycles. The number of ether oxygens (including phenoxy) is 1. The Kier molecular flexibility index (Phi) is 7.29. The Balaban J connectivity index is 2.42. The fraction of sp³-hybridized carbons (Fsp3) is 0.500. The summed E-state index contributed by atoms with van der Waals surface area (Å²) >= 11 is 0. The van der Waals surface area contributed by atoms with Crippen molar-refractivity contribution in [3.8, 4) is 0 Å². The molecule has 2 amide bonds. The van der Waals surface area contributed by atoms with Gasteiger partial charge < -0.3 is 15.0 Å². The Hall–Kier alpha value is -2.04. The van der Waals surface area contributed by atoms with E-state index >= 15 is 0 Å². The fourth-order valence-corrected chi connectivity index (χ4v) is 1.70. The lowest BCUT2D eigenvalue weighted by molar-refractivity contribution is 0.0498. The molecule has 0 radical (unpaired) electrons. The lowest BCUT2D eigenvalue weighted by Crippen LogP contribution is -2.27. The molecule has 0 unspecified atom stereocenters. The number of amides is 2. The molecule has 1 aromatic carbocycles. The van der Waals surface area contributed by atoms with Gasteiger partial charge in [0.2, 0.25) is 0 Å². The van der Waals surface area contributed by atoms with E-state index in [0.29, 0.717) is 17.9 Å². The minimum atomic E-state index is -0.322. The minimum Gasteiger partial charge on any atom is -0.462 e. The van der Waals surface area contributed by atoms with Crippen LogP contribution >= 0.6 is 0 Å². The summed E-state index contributed by atoms with van der Waals surface area (Å²) in [6.45, 7) is 2.60. The van der Waals surface area contributed by atoms with Crippen molar-refractivity contribution in [3.63, 3.8) is 0 Å². The van der Waals surface area contributed by atoms with Crippen LogP contribution in [-0.4, -0.2) is 37.6 Å². The lowest BCUT2D eigenvalue weighted by Gasteiger charge is -2.12. The number of nitrogens with zero attached hydrogens (tertiary/aromatic N) is 1. The molecule has 0 heterocycles. The van der Waals surface area contributed by atoms with Crippen LogP contribution in [0.3, 0.4) is 0 Å². The standard InChI is InChI=1S/C16H24N2O3/c1-4-5-6-7-12-21-15(19)13-8-10-14(11-9-13)17-16(20)18(2)3/h8-11H,4-7,12H2,1-3H3,(H,17,20). The van der Waals surface area contributed by atoms with Crippen LogP contribution in [0.4, 0.5) is 10.5 Å². The van der Waals surface area contributed by atoms with Gasteiger partial charge in [0.15, 0.2) is 0 Å². The van der Waals surface area contributed by atoms with E-state index in [-0.39, 0.29) is 12.0 Å². The number of unbranched alkanes of at least 4 members (excludes halogenated alkanes) is 3. The van der Waals surface area contributed by atoms with Crippen LogP contribution in [0.15, 0.2) is 24.3 Å². The topological polar surface area (TPSA) is 58.6 Å². The van der Waals surface area contributed by atoms with E-state index in [9.17, 15) is 9.59 Å². The number of benzene rings is 1. The van der Waals surface area contributed by atoms with Gasteiger partial charge in [-0.15, -0.1) is 0 Å². The van der Waals surface area contributed by atoms with E-state index < -0.39 is 0 Å². The van der Waals surface area contributed by atoms with Crippen molar-refractivity contribution >= 4 is 17.7 Å². The quantitative estimate of drug-likeness (QED) is 0.618. The maximum Gasteiger partial charge on any atom is 0.338 e. The molecule has 1 aromatic rings. The monoisotopic (exact) mass is 292 g/mol. The molecule has 0 spiro atoms. The first-order valence-electron chi connectivity index (χ1n) is 7.30. The number of carbonyl (C=O) groups is 2. The zero-order valence-corrected chi connectivity index (χ0v) is 13.0. The summed E-state index contributed by atoms with van der Waals surface area (Å²) in [7, 11) is 3.33. The number of anilines is 1. The van der Waals surface area contributed by atoms with E-state index in [1.54, 1.807) is 38.4 Å². The molecule has 0 bridgehead atoms. The van der Waals surface area contributed by atoms with Gasteiger partial charge in [-0.2, -0.15) is 0 Å². The first-order chi connectivity index (χ1) is 10.0. The van der Waals surface area contributed by atoms with E-state index in [1.165, 1.54) is 4.90 Å². The summed E-state index contributed by atoms with van der Waals surface area (Å²) in [6, 6.07) is 6.48. The Morgan fingerprint density at radius 1 is 1.10 bits per heavy atom. The van der Waals surface area contributed by atoms with E-state index in [0.717, 1.165) is 25.7 Å². The number of esters is 1. The molecule has 5 nitrogen and oxygen atoms in total. The molecule has 0 aliphatic heterocycles. The molecule has 0 fully saturated rings. The SMILES string of the molecule is CCCCCCOC(=O)c1ccc(NC(=O)N(C)C)cc1. The predicted octanol–water partition coefficient (Wildman–Crippen LogP) is 3.52. The minimum absolute atomic E-state index is 0.207. The van der Waals surface area contributed by atoms with Crippen LogP contribution in [0.2, 0.25) is 0 Å². The van der Waals surface area contributed by atoms with Crippen LogP contribution in [-0.2, 0) is 4.74 Å². The van der Waals surface area contributed by atoms with Crippen LogP contribution < -0.4 is 5.32 Å². The Morgan fingerprint density at radius 2 is 1.76 bits per heavy atom. The van der Waals surface area contributed by atoms with Crippen molar-refractivity contribution in [3.05, 3.63) is 29.8 Å². The summed E-state index contributed by atoms with van der Waals surface area (Å²) in [6.07, 6.45) is 4.31.